The number of halogens is 1. The van der Waals surface area contributed by atoms with E-state index in [0.717, 1.165) is 32.2 Å². The Morgan fingerprint density at radius 3 is 3.00 bits per heavy atom. The van der Waals surface area contributed by atoms with Gasteiger partial charge in [0.15, 0.2) is 5.13 Å². The maximum atomic E-state index is 13.0. The number of fused-ring (bicyclic) bond motifs is 2. The number of carbonyl (C=O) groups is 1. The largest absolute Gasteiger partial charge is 0.302 e. The van der Waals surface area contributed by atoms with Gasteiger partial charge in [0.1, 0.15) is 6.17 Å². The van der Waals surface area contributed by atoms with Crippen LogP contribution >= 0.6 is 11.3 Å². The summed E-state index contributed by atoms with van der Waals surface area (Å²) in [5.74, 6) is -0.797. The van der Waals surface area contributed by atoms with Gasteiger partial charge in [-0.05, 0) is 48.2 Å². The third-order valence-electron chi connectivity index (χ3n) is 4.79. The number of nitrogens with zero attached hydrogens (tertiary/aromatic N) is 2. The Kier molecular flexibility index (Phi) is 3.33. The van der Waals surface area contributed by atoms with Crippen LogP contribution in [0.4, 0.5) is 9.52 Å². The third kappa shape index (κ3) is 2.47. The molecule has 2 aromatic carbocycles. The molecule has 26 heavy (non-hydrogen) atoms. The Morgan fingerprint density at radius 2 is 2.19 bits per heavy atom. The number of hydrogen-bond acceptors (Lipinski definition) is 4. The molecule has 2 aromatic heterocycles. The van der Waals surface area contributed by atoms with Crippen LogP contribution in [0.3, 0.4) is 0 Å². The Bertz CT molecular complexity index is 1160. The number of aromatic amines is 1. The highest BCUT2D eigenvalue weighted by Crippen LogP contribution is 2.37. The fraction of sp³-hybridized carbons (Fsp3) is 0.211. The van der Waals surface area contributed by atoms with Crippen LogP contribution in [0, 0.1) is 12.8 Å². The van der Waals surface area contributed by atoms with Crippen LogP contribution in [-0.4, -0.2) is 27.3 Å². The number of nitrogens with one attached hydrogen (secondary N) is 2. The number of anilines is 1. The Balaban J connectivity index is 1.54. The molecule has 1 aliphatic rings. The Hall–Kier alpha value is -2.80. The molecule has 2 heterocycles. The fourth-order valence-electron chi connectivity index (χ4n) is 3.28. The van der Waals surface area contributed by atoms with E-state index < -0.39 is 12.1 Å². The molecule has 1 fully saturated rings. The van der Waals surface area contributed by atoms with Crippen LogP contribution in [0.5, 0.6) is 0 Å². The van der Waals surface area contributed by atoms with E-state index in [9.17, 15) is 9.18 Å². The average molecular weight is 366 g/mol. The second-order valence-electron chi connectivity index (χ2n) is 6.64. The number of carbonyl (C=O) groups excluding carboxylic acids is 1. The van der Waals surface area contributed by atoms with Gasteiger partial charge >= 0.3 is 0 Å². The van der Waals surface area contributed by atoms with Gasteiger partial charge in [0, 0.05) is 5.39 Å². The molecule has 1 unspecified atom stereocenters. The summed E-state index contributed by atoms with van der Waals surface area (Å²) in [6, 6.07) is 10.1. The zero-order valence-corrected chi connectivity index (χ0v) is 14.7. The quantitative estimate of drug-likeness (QED) is 0.563. The second-order valence-corrected chi connectivity index (χ2v) is 7.67. The van der Waals surface area contributed by atoms with Gasteiger partial charge in [-0.25, -0.2) is 9.37 Å². The van der Waals surface area contributed by atoms with Crippen molar-refractivity contribution >= 4 is 43.5 Å². The van der Waals surface area contributed by atoms with Crippen molar-refractivity contribution in [3.05, 3.63) is 42.1 Å². The monoisotopic (exact) mass is 366 g/mol. The van der Waals surface area contributed by atoms with Gasteiger partial charge < -0.3 is 5.32 Å². The van der Waals surface area contributed by atoms with Gasteiger partial charge in [0.2, 0.25) is 5.91 Å². The standard InChI is InChI=1S/C19H15FN4OS/c1-9-2-4-14-12(8-21-24-14)17(9)10-3-5-15-16(6-10)26-19(22-15)23-18(25)11-7-13(11)20/h2-6,8,11,13H,7H2,1H3,(H,21,24)(H,22,23,25)/t11?,13-/m0/s1. The molecule has 5 rings (SSSR count). The van der Waals surface area contributed by atoms with Crippen molar-refractivity contribution in [3.63, 3.8) is 0 Å². The number of rotatable bonds is 3. The van der Waals surface area contributed by atoms with Gasteiger partial charge in [-0.15, -0.1) is 0 Å². The first-order chi connectivity index (χ1) is 12.6. The molecular formula is C19H15FN4OS. The van der Waals surface area contributed by atoms with E-state index in [1.807, 2.05) is 24.4 Å². The molecule has 4 aromatic rings. The highest BCUT2D eigenvalue weighted by atomic mass is 32.1. The van der Waals surface area contributed by atoms with E-state index >= 15 is 0 Å². The minimum absolute atomic E-state index is 0.282. The number of benzene rings is 2. The molecule has 1 aliphatic carbocycles. The lowest BCUT2D eigenvalue weighted by Crippen LogP contribution is -2.14. The molecule has 0 bridgehead atoms. The summed E-state index contributed by atoms with van der Waals surface area (Å²) in [6.07, 6.45) is 1.15. The van der Waals surface area contributed by atoms with Crippen LogP contribution in [-0.2, 0) is 4.79 Å². The van der Waals surface area contributed by atoms with Crippen LogP contribution < -0.4 is 5.32 Å². The zero-order valence-electron chi connectivity index (χ0n) is 13.9. The predicted molar refractivity (Wildman–Crippen MR) is 101 cm³/mol. The first-order valence-electron chi connectivity index (χ1n) is 8.39. The molecule has 0 aliphatic heterocycles. The van der Waals surface area contributed by atoms with Crippen molar-refractivity contribution in [2.75, 3.05) is 5.32 Å². The molecule has 7 heteroatoms. The van der Waals surface area contributed by atoms with Crippen molar-refractivity contribution < 1.29 is 9.18 Å². The lowest BCUT2D eigenvalue weighted by Gasteiger charge is -2.07. The summed E-state index contributed by atoms with van der Waals surface area (Å²) < 4.78 is 14.0. The van der Waals surface area contributed by atoms with E-state index in [1.54, 1.807) is 0 Å². The molecule has 2 atom stereocenters. The van der Waals surface area contributed by atoms with Crippen LogP contribution in [0.2, 0.25) is 0 Å². The van der Waals surface area contributed by atoms with E-state index in [1.165, 1.54) is 16.9 Å². The summed E-state index contributed by atoms with van der Waals surface area (Å²) in [5.41, 5.74) is 5.19. The molecule has 130 valence electrons. The Morgan fingerprint density at radius 1 is 1.35 bits per heavy atom. The normalized spacial score (nSPS) is 19.2. The number of thiazole rings is 1. The number of alkyl halides is 1. The van der Waals surface area contributed by atoms with Crippen molar-refractivity contribution in [2.45, 2.75) is 19.5 Å². The first kappa shape index (κ1) is 15.5. The van der Waals surface area contributed by atoms with Gasteiger partial charge in [-0.3, -0.25) is 9.89 Å². The van der Waals surface area contributed by atoms with Gasteiger partial charge in [-0.1, -0.05) is 23.5 Å². The smallest absolute Gasteiger partial charge is 0.232 e. The molecule has 0 saturated heterocycles. The number of amides is 1. The summed E-state index contributed by atoms with van der Waals surface area (Å²) in [4.78, 5) is 16.4. The SMILES string of the molecule is Cc1ccc2[nH]ncc2c1-c1ccc2nc(NC(=O)C3C[C@@H]3F)sc2c1. The van der Waals surface area contributed by atoms with Crippen molar-refractivity contribution in [1.82, 2.24) is 15.2 Å². The predicted octanol–water partition coefficient (Wildman–Crippen LogP) is 4.44. The van der Waals surface area contributed by atoms with Gasteiger partial charge in [0.25, 0.3) is 0 Å². The molecule has 2 N–H and O–H groups in total. The van der Waals surface area contributed by atoms with Crippen molar-refractivity contribution in [2.24, 2.45) is 5.92 Å². The summed E-state index contributed by atoms with van der Waals surface area (Å²) >= 11 is 1.41. The molecule has 1 saturated carbocycles. The minimum atomic E-state index is -1.01. The van der Waals surface area contributed by atoms with Crippen LogP contribution in [0.1, 0.15) is 12.0 Å². The minimum Gasteiger partial charge on any atom is -0.302 e. The second kappa shape index (κ2) is 5.60. The highest BCUT2D eigenvalue weighted by molar-refractivity contribution is 7.22. The zero-order chi connectivity index (χ0) is 17.8. The van der Waals surface area contributed by atoms with Crippen LogP contribution in [0.15, 0.2) is 36.5 Å². The number of aromatic nitrogens is 3. The Labute approximate surface area is 152 Å². The molecule has 1 amide bonds. The summed E-state index contributed by atoms with van der Waals surface area (Å²) in [7, 11) is 0. The van der Waals surface area contributed by atoms with Crippen molar-refractivity contribution in [1.29, 1.82) is 0 Å². The fourth-order valence-corrected chi connectivity index (χ4v) is 4.18. The average Bonchev–Trinajstić information content (AvgIpc) is 3.02. The molecule has 0 radical (unpaired) electrons. The van der Waals surface area contributed by atoms with Crippen molar-refractivity contribution in [3.8, 4) is 11.1 Å². The number of aryl methyl sites for hydroxylation is 1. The lowest BCUT2D eigenvalue weighted by molar-refractivity contribution is -0.117. The lowest BCUT2D eigenvalue weighted by atomic mass is 9.97. The maximum absolute atomic E-state index is 13.0. The van der Waals surface area contributed by atoms with E-state index in [4.69, 9.17) is 0 Å². The molecular weight excluding hydrogens is 351 g/mol. The van der Waals surface area contributed by atoms with E-state index in [0.29, 0.717) is 11.6 Å². The van der Waals surface area contributed by atoms with E-state index in [2.05, 4.69) is 39.6 Å². The van der Waals surface area contributed by atoms with E-state index in [-0.39, 0.29) is 5.91 Å². The number of H-pyrrole nitrogens is 1. The van der Waals surface area contributed by atoms with Crippen LogP contribution in [0.25, 0.3) is 32.2 Å². The summed E-state index contributed by atoms with van der Waals surface area (Å²) in [5, 5.41) is 11.5. The first-order valence-corrected chi connectivity index (χ1v) is 9.20. The highest BCUT2D eigenvalue weighted by Gasteiger charge is 2.43. The summed E-state index contributed by atoms with van der Waals surface area (Å²) in [6.45, 7) is 2.08. The molecule has 5 nitrogen and oxygen atoms in total. The maximum Gasteiger partial charge on any atom is 0.232 e. The topological polar surface area (TPSA) is 70.7 Å². The molecule has 0 spiro atoms. The van der Waals surface area contributed by atoms with Gasteiger partial charge in [-0.2, -0.15) is 5.10 Å². The third-order valence-corrected chi connectivity index (χ3v) is 5.72. The van der Waals surface area contributed by atoms with Gasteiger partial charge in [0.05, 0.1) is 27.8 Å². The number of hydrogen-bond donors (Lipinski definition) is 2.